The average molecular weight is 292 g/mol. The van der Waals surface area contributed by atoms with E-state index in [2.05, 4.69) is 42.2 Å². The number of aromatic amines is 1. The fourth-order valence-electron chi connectivity index (χ4n) is 3.34. The number of nitrogens with one attached hydrogen (secondary N) is 1. The Hall–Kier alpha value is -2.34. The zero-order chi connectivity index (χ0) is 15.5. The molecule has 0 saturated heterocycles. The molecule has 0 radical (unpaired) electrons. The van der Waals surface area contributed by atoms with Gasteiger partial charge in [0.05, 0.1) is 0 Å². The van der Waals surface area contributed by atoms with Gasteiger partial charge in [-0.3, -0.25) is 5.73 Å². The van der Waals surface area contributed by atoms with E-state index in [1.165, 1.54) is 42.5 Å². The Balaban J connectivity index is 2.25. The second-order valence-electron chi connectivity index (χ2n) is 6.14. The molecular formula is C19H22N3+. The van der Waals surface area contributed by atoms with Crippen LogP contribution in [0.5, 0.6) is 0 Å². The lowest BCUT2D eigenvalue weighted by molar-refractivity contribution is -0.374. The van der Waals surface area contributed by atoms with Gasteiger partial charge in [0, 0.05) is 17.5 Å². The minimum atomic E-state index is 0.498. The van der Waals surface area contributed by atoms with Gasteiger partial charge in [-0.05, 0) is 31.7 Å². The van der Waals surface area contributed by atoms with Crippen molar-refractivity contribution in [3.63, 3.8) is 0 Å². The highest BCUT2D eigenvalue weighted by Crippen LogP contribution is 2.33. The number of H-pyrrole nitrogens is 1. The number of nitriles is 1. The van der Waals surface area contributed by atoms with Crippen molar-refractivity contribution in [3.05, 3.63) is 46.6 Å². The lowest BCUT2D eigenvalue weighted by Gasteiger charge is -2.17. The second kappa shape index (κ2) is 6.19. The third-order valence-electron chi connectivity index (χ3n) is 4.53. The van der Waals surface area contributed by atoms with E-state index in [0.29, 0.717) is 11.4 Å². The molecule has 1 aromatic carbocycles. The van der Waals surface area contributed by atoms with Crippen molar-refractivity contribution in [1.29, 1.82) is 5.26 Å². The number of hydrogen-bond acceptors (Lipinski definition) is 2. The molecule has 0 fully saturated rings. The molecule has 1 aromatic heterocycles. The molecule has 3 N–H and O–H groups in total. The smallest absolute Gasteiger partial charge is 0.286 e. The number of nitrogen functional groups attached to an aromatic ring is 1. The summed E-state index contributed by atoms with van der Waals surface area (Å²) in [6, 6.07) is 10.7. The van der Waals surface area contributed by atoms with Crippen LogP contribution in [0.15, 0.2) is 24.3 Å². The maximum absolute atomic E-state index is 9.59. The first-order valence-electron chi connectivity index (χ1n) is 8.04. The van der Waals surface area contributed by atoms with Crippen molar-refractivity contribution in [1.82, 2.24) is 0 Å². The third-order valence-corrected chi connectivity index (χ3v) is 4.53. The summed E-state index contributed by atoms with van der Waals surface area (Å²) < 4.78 is 0. The molecule has 3 heteroatoms. The van der Waals surface area contributed by atoms with E-state index in [1.807, 2.05) is 0 Å². The van der Waals surface area contributed by atoms with Gasteiger partial charge in [-0.15, -0.1) is 0 Å². The minimum Gasteiger partial charge on any atom is -0.286 e. The van der Waals surface area contributed by atoms with Gasteiger partial charge in [-0.25, -0.2) is 4.98 Å². The average Bonchev–Trinajstić information content (AvgIpc) is 2.49. The van der Waals surface area contributed by atoms with Crippen LogP contribution in [0.3, 0.4) is 0 Å². The first kappa shape index (κ1) is 14.6. The molecule has 0 atom stereocenters. The maximum Gasteiger partial charge on any atom is 0.289 e. The number of pyridine rings is 1. The molecular weight excluding hydrogens is 270 g/mol. The SMILES string of the molecule is Cc1ccc(-c2c(C#N)c(N)[nH+]c3c2CCCCCC3)cc1. The Kier molecular flexibility index (Phi) is 4.11. The van der Waals surface area contributed by atoms with Gasteiger partial charge >= 0.3 is 0 Å². The lowest BCUT2D eigenvalue weighted by atomic mass is 9.88. The van der Waals surface area contributed by atoms with Crippen molar-refractivity contribution in [3.8, 4) is 17.2 Å². The van der Waals surface area contributed by atoms with Gasteiger partial charge < -0.3 is 0 Å². The van der Waals surface area contributed by atoms with Gasteiger partial charge in [0.2, 0.25) is 0 Å². The first-order chi connectivity index (χ1) is 10.7. The first-order valence-corrected chi connectivity index (χ1v) is 8.04. The number of aryl methyl sites for hydroxylation is 2. The Morgan fingerprint density at radius 1 is 1.05 bits per heavy atom. The molecule has 112 valence electrons. The monoisotopic (exact) mass is 292 g/mol. The van der Waals surface area contributed by atoms with Gasteiger partial charge in [0.15, 0.2) is 0 Å². The van der Waals surface area contributed by atoms with E-state index in [0.717, 1.165) is 24.0 Å². The number of benzene rings is 1. The lowest BCUT2D eigenvalue weighted by Crippen LogP contribution is -2.23. The Morgan fingerprint density at radius 2 is 1.73 bits per heavy atom. The summed E-state index contributed by atoms with van der Waals surface area (Å²) in [6.45, 7) is 2.08. The second-order valence-corrected chi connectivity index (χ2v) is 6.14. The molecule has 0 spiro atoms. The molecule has 2 aromatic rings. The van der Waals surface area contributed by atoms with Crippen LogP contribution in [-0.2, 0) is 12.8 Å². The highest BCUT2D eigenvalue weighted by molar-refractivity contribution is 5.77. The molecule has 22 heavy (non-hydrogen) atoms. The van der Waals surface area contributed by atoms with Gasteiger partial charge in [-0.2, -0.15) is 5.26 Å². The minimum absolute atomic E-state index is 0.498. The van der Waals surface area contributed by atoms with E-state index in [-0.39, 0.29) is 0 Å². The molecule has 1 aliphatic rings. The number of nitrogens with two attached hydrogens (primary N) is 1. The fraction of sp³-hybridized carbons (Fsp3) is 0.368. The molecule has 1 aliphatic carbocycles. The van der Waals surface area contributed by atoms with Gasteiger partial charge in [0.1, 0.15) is 17.3 Å². The van der Waals surface area contributed by atoms with Gasteiger partial charge in [0.25, 0.3) is 5.82 Å². The quantitative estimate of drug-likeness (QED) is 0.873. The van der Waals surface area contributed by atoms with E-state index in [4.69, 9.17) is 5.73 Å². The van der Waals surface area contributed by atoms with Crippen LogP contribution in [0.2, 0.25) is 0 Å². The topological polar surface area (TPSA) is 64.0 Å². The summed E-state index contributed by atoms with van der Waals surface area (Å²) in [5.74, 6) is 0.498. The number of hydrogen-bond donors (Lipinski definition) is 1. The van der Waals surface area contributed by atoms with E-state index >= 15 is 0 Å². The third kappa shape index (κ3) is 2.69. The molecule has 3 rings (SSSR count). The Labute approximate surface area is 131 Å². The maximum atomic E-state index is 9.59. The Morgan fingerprint density at radius 3 is 2.41 bits per heavy atom. The fourth-order valence-corrected chi connectivity index (χ4v) is 3.34. The van der Waals surface area contributed by atoms with Crippen LogP contribution in [0.25, 0.3) is 11.1 Å². The zero-order valence-electron chi connectivity index (χ0n) is 13.1. The summed E-state index contributed by atoms with van der Waals surface area (Å²) in [5, 5.41) is 9.59. The molecule has 1 heterocycles. The predicted molar refractivity (Wildman–Crippen MR) is 88.2 cm³/mol. The standard InChI is InChI=1S/C19H21N3/c1-13-8-10-14(11-9-13)18-15-6-4-2-3-5-7-17(15)22-19(21)16(18)12-20/h8-11H,2-7H2,1H3,(H2,21,22)/p+1. The van der Waals surface area contributed by atoms with Gasteiger partial charge in [-0.1, -0.05) is 42.7 Å². The normalized spacial score (nSPS) is 14.5. The number of nitrogens with zero attached hydrogens (tertiary/aromatic N) is 1. The largest absolute Gasteiger partial charge is 0.289 e. The highest BCUT2D eigenvalue weighted by atomic mass is 14.9. The van der Waals surface area contributed by atoms with E-state index in [1.54, 1.807) is 0 Å². The summed E-state index contributed by atoms with van der Waals surface area (Å²) in [4.78, 5) is 3.29. The Bertz CT molecular complexity index is 724. The van der Waals surface area contributed by atoms with Crippen molar-refractivity contribution in [2.24, 2.45) is 0 Å². The molecule has 0 aliphatic heterocycles. The summed E-state index contributed by atoms with van der Waals surface area (Å²) in [6.07, 6.45) is 6.93. The highest BCUT2D eigenvalue weighted by Gasteiger charge is 2.23. The van der Waals surface area contributed by atoms with Crippen molar-refractivity contribution in [2.75, 3.05) is 5.73 Å². The van der Waals surface area contributed by atoms with Crippen molar-refractivity contribution >= 4 is 5.82 Å². The van der Waals surface area contributed by atoms with Crippen molar-refractivity contribution in [2.45, 2.75) is 45.4 Å². The van der Waals surface area contributed by atoms with E-state index < -0.39 is 0 Å². The predicted octanol–water partition coefficient (Wildman–Crippen LogP) is 3.59. The molecule has 0 saturated carbocycles. The molecule has 0 amide bonds. The summed E-state index contributed by atoms with van der Waals surface area (Å²) >= 11 is 0. The molecule has 0 unspecified atom stereocenters. The number of aromatic nitrogens is 1. The summed E-state index contributed by atoms with van der Waals surface area (Å²) in [5.41, 5.74) is 12.6. The van der Waals surface area contributed by atoms with Crippen molar-refractivity contribution < 1.29 is 4.98 Å². The number of rotatable bonds is 1. The van der Waals surface area contributed by atoms with Crippen LogP contribution in [-0.4, -0.2) is 0 Å². The van der Waals surface area contributed by atoms with Crippen LogP contribution in [0.4, 0.5) is 5.82 Å². The number of anilines is 1. The van der Waals surface area contributed by atoms with Crippen LogP contribution >= 0.6 is 0 Å². The molecule has 0 bridgehead atoms. The summed E-state index contributed by atoms with van der Waals surface area (Å²) in [7, 11) is 0. The van der Waals surface area contributed by atoms with E-state index in [9.17, 15) is 5.26 Å². The molecule has 3 nitrogen and oxygen atoms in total. The zero-order valence-corrected chi connectivity index (χ0v) is 13.1. The van der Waals surface area contributed by atoms with Crippen LogP contribution < -0.4 is 10.7 Å². The van der Waals surface area contributed by atoms with Crippen LogP contribution in [0, 0.1) is 18.3 Å². The number of fused-ring (bicyclic) bond motifs is 1. The van der Waals surface area contributed by atoms with Crippen LogP contribution in [0.1, 0.15) is 48.1 Å².